The van der Waals surface area contributed by atoms with Gasteiger partial charge in [-0.25, -0.2) is 9.98 Å². The van der Waals surface area contributed by atoms with E-state index in [1.165, 1.54) is 32.1 Å². The van der Waals surface area contributed by atoms with Gasteiger partial charge in [-0.1, -0.05) is 39.2 Å². The Morgan fingerprint density at radius 3 is 2.41 bits per heavy atom. The van der Waals surface area contributed by atoms with E-state index in [-0.39, 0.29) is 0 Å². The lowest BCUT2D eigenvalue weighted by Crippen LogP contribution is -2.33. The number of allylic oxidation sites excluding steroid dienone is 1. The molecular formula is C22H39N5. The fourth-order valence-corrected chi connectivity index (χ4v) is 3.52. The van der Waals surface area contributed by atoms with Gasteiger partial charge >= 0.3 is 0 Å². The summed E-state index contributed by atoms with van der Waals surface area (Å²) in [7, 11) is 4.25. The first-order valence-electron chi connectivity index (χ1n) is 10.8. The topological polar surface area (TPSA) is 36.7 Å². The van der Waals surface area contributed by atoms with Crippen molar-refractivity contribution in [3.05, 3.63) is 28.6 Å². The highest BCUT2D eigenvalue weighted by Crippen LogP contribution is 2.12. The van der Waals surface area contributed by atoms with E-state index in [1.54, 1.807) is 0 Å². The molecule has 0 saturated heterocycles. The monoisotopic (exact) mass is 373 g/mol. The van der Waals surface area contributed by atoms with E-state index in [1.807, 2.05) is 0 Å². The zero-order chi connectivity index (χ0) is 19.6. The molecule has 0 amide bonds. The fourth-order valence-electron chi connectivity index (χ4n) is 3.52. The molecule has 1 aliphatic rings. The second-order valence-electron chi connectivity index (χ2n) is 7.84. The van der Waals surface area contributed by atoms with E-state index in [2.05, 4.69) is 61.4 Å². The van der Waals surface area contributed by atoms with Gasteiger partial charge < -0.3 is 14.4 Å². The first kappa shape index (κ1) is 21.7. The molecule has 0 saturated carbocycles. The lowest BCUT2D eigenvalue weighted by atomic mass is 10.2. The minimum absolute atomic E-state index is 0.913. The Balaban J connectivity index is 2.26. The van der Waals surface area contributed by atoms with Crippen molar-refractivity contribution in [1.82, 2.24) is 19.4 Å². The first-order chi connectivity index (χ1) is 13.1. The second kappa shape index (κ2) is 11.3. The van der Waals surface area contributed by atoms with Crippen LogP contribution < -0.4 is 10.8 Å². The SMILES string of the molecule is CCCCCN(CCCC)C1=CCC=c2nc(C)n(CCCN(C)C)c2=N1. The molecule has 1 aliphatic heterocycles. The molecule has 2 rings (SSSR count). The number of imidazole rings is 1. The highest BCUT2D eigenvalue weighted by Gasteiger charge is 2.13. The van der Waals surface area contributed by atoms with E-state index in [9.17, 15) is 0 Å². The summed E-state index contributed by atoms with van der Waals surface area (Å²) in [5.74, 6) is 2.22. The maximum Gasteiger partial charge on any atom is 0.162 e. The Morgan fingerprint density at radius 2 is 1.70 bits per heavy atom. The molecule has 0 fully saturated rings. The van der Waals surface area contributed by atoms with Crippen molar-refractivity contribution in [1.29, 1.82) is 0 Å². The maximum absolute atomic E-state index is 5.13. The lowest BCUT2D eigenvalue weighted by Gasteiger charge is -2.24. The summed E-state index contributed by atoms with van der Waals surface area (Å²) in [4.78, 5) is 14.7. The average Bonchev–Trinajstić information content (AvgIpc) is 2.80. The van der Waals surface area contributed by atoms with Crippen molar-refractivity contribution < 1.29 is 0 Å². The average molecular weight is 374 g/mol. The standard InChI is InChI=1S/C22H39N5/c1-6-8-10-17-26(16-9-7-2)21-14-11-13-20-22(24-21)27(19(3)23-20)18-12-15-25(4)5/h13-14H,6-12,15-18H2,1-5H3. The minimum Gasteiger partial charge on any atom is -0.357 e. The summed E-state index contributed by atoms with van der Waals surface area (Å²) >= 11 is 0. The van der Waals surface area contributed by atoms with Gasteiger partial charge in [0.25, 0.3) is 0 Å². The van der Waals surface area contributed by atoms with Gasteiger partial charge in [0.2, 0.25) is 0 Å². The minimum atomic E-state index is 0.913. The van der Waals surface area contributed by atoms with Crippen LogP contribution in [0.5, 0.6) is 0 Å². The Kier molecular flexibility index (Phi) is 9.05. The molecule has 0 atom stereocenters. The van der Waals surface area contributed by atoms with Crippen molar-refractivity contribution in [2.45, 2.75) is 72.3 Å². The number of rotatable bonds is 12. The third-order valence-corrected chi connectivity index (χ3v) is 5.11. The van der Waals surface area contributed by atoms with Crippen LogP contribution in [-0.4, -0.2) is 53.1 Å². The Labute approximate surface area is 165 Å². The number of hydrogen-bond acceptors (Lipinski definition) is 4. The van der Waals surface area contributed by atoms with Crippen LogP contribution in [0.4, 0.5) is 0 Å². The van der Waals surface area contributed by atoms with Crippen molar-refractivity contribution in [3.8, 4) is 0 Å². The van der Waals surface area contributed by atoms with Gasteiger partial charge in [0.05, 0.1) is 0 Å². The van der Waals surface area contributed by atoms with Crippen LogP contribution in [-0.2, 0) is 6.54 Å². The molecule has 0 bridgehead atoms. The summed E-state index contributed by atoms with van der Waals surface area (Å²) in [5, 5.41) is 1.05. The smallest absolute Gasteiger partial charge is 0.162 e. The van der Waals surface area contributed by atoms with Crippen LogP contribution in [0.1, 0.15) is 64.6 Å². The van der Waals surface area contributed by atoms with E-state index in [0.717, 1.165) is 61.5 Å². The van der Waals surface area contributed by atoms with E-state index >= 15 is 0 Å². The third kappa shape index (κ3) is 6.49. The van der Waals surface area contributed by atoms with Gasteiger partial charge in [-0.3, -0.25) is 0 Å². The van der Waals surface area contributed by atoms with Crippen LogP contribution in [0.2, 0.25) is 0 Å². The number of unbranched alkanes of at least 4 members (excludes halogenated alkanes) is 3. The number of nitrogens with zero attached hydrogens (tertiary/aromatic N) is 5. The summed E-state index contributed by atoms with van der Waals surface area (Å²) in [5.41, 5.74) is 1.05. The molecule has 0 aliphatic carbocycles. The van der Waals surface area contributed by atoms with Crippen LogP contribution in [0.3, 0.4) is 0 Å². The Morgan fingerprint density at radius 1 is 0.963 bits per heavy atom. The van der Waals surface area contributed by atoms with Crippen molar-refractivity contribution in [3.63, 3.8) is 0 Å². The molecular weight excluding hydrogens is 334 g/mol. The zero-order valence-corrected chi connectivity index (χ0v) is 18.2. The summed E-state index contributed by atoms with van der Waals surface area (Å²) in [6, 6.07) is 0. The highest BCUT2D eigenvalue weighted by molar-refractivity contribution is 5.26. The lowest BCUT2D eigenvalue weighted by molar-refractivity contribution is 0.322. The summed E-state index contributed by atoms with van der Waals surface area (Å²) < 4.78 is 2.30. The van der Waals surface area contributed by atoms with Crippen LogP contribution in [0.15, 0.2) is 16.9 Å². The number of hydrogen-bond donors (Lipinski definition) is 0. The normalized spacial score (nSPS) is 13.6. The fraction of sp³-hybridized carbons (Fsp3) is 0.727. The third-order valence-electron chi connectivity index (χ3n) is 5.11. The molecule has 152 valence electrons. The van der Waals surface area contributed by atoms with Crippen LogP contribution in [0.25, 0.3) is 6.08 Å². The Hall–Kier alpha value is -1.62. The molecule has 0 spiro atoms. The molecule has 2 heterocycles. The molecule has 0 radical (unpaired) electrons. The van der Waals surface area contributed by atoms with Gasteiger partial charge in [0.1, 0.15) is 17.0 Å². The van der Waals surface area contributed by atoms with Gasteiger partial charge in [-0.2, -0.15) is 0 Å². The van der Waals surface area contributed by atoms with Crippen molar-refractivity contribution in [2.24, 2.45) is 4.99 Å². The molecule has 5 heteroatoms. The predicted octanol–water partition coefficient (Wildman–Crippen LogP) is 3.08. The number of fused-ring (bicyclic) bond motifs is 1. The van der Waals surface area contributed by atoms with Crippen LogP contribution in [0, 0.1) is 6.92 Å². The van der Waals surface area contributed by atoms with Gasteiger partial charge in [0.15, 0.2) is 5.49 Å². The molecule has 5 nitrogen and oxygen atoms in total. The van der Waals surface area contributed by atoms with E-state index < -0.39 is 0 Å². The van der Waals surface area contributed by atoms with Gasteiger partial charge in [-0.15, -0.1) is 0 Å². The summed E-state index contributed by atoms with van der Waals surface area (Å²) in [6.07, 6.45) is 12.8. The Bertz CT molecular complexity index is 714. The number of aromatic nitrogens is 2. The quantitative estimate of drug-likeness (QED) is 0.528. The van der Waals surface area contributed by atoms with Gasteiger partial charge in [0, 0.05) is 19.6 Å². The molecule has 1 aromatic rings. The first-order valence-corrected chi connectivity index (χ1v) is 10.8. The molecule has 0 aromatic carbocycles. The second-order valence-corrected chi connectivity index (χ2v) is 7.84. The van der Waals surface area contributed by atoms with E-state index in [4.69, 9.17) is 9.98 Å². The van der Waals surface area contributed by atoms with E-state index in [0.29, 0.717) is 0 Å². The van der Waals surface area contributed by atoms with Crippen molar-refractivity contribution >= 4 is 6.08 Å². The zero-order valence-electron chi connectivity index (χ0n) is 18.2. The molecule has 0 unspecified atom stereocenters. The highest BCUT2D eigenvalue weighted by atomic mass is 15.2. The largest absolute Gasteiger partial charge is 0.357 e. The molecule has 1 aromatic heterocycles. The molecule has 27 heavy (non-hydrogen) atoms. The predicted molar refractivity (Wildman–Crippen MR) is 114 cm³/mol. The van der Waals surface area contributed by atoms with Gasteiger partial charge in [-0.05, 0) is 59.3 Å². The van der Waals surface area contributed by atoms with Crippen LogP contribution >= 0.6 is 0 Å². The number of aryl methyl sites for hydroxylation is 1. The maximum atomic E-state index is 5.13. The van der Waals surface area contributed by atoms with Crippen molar-refractivity contribution in [2.75, 3.05) is 33.7 Å². The molecule has 0 N–H and O–H groups in total. The summed E-state index contributed by atoms with van der Waals surface area (Å²) in [6.45, 7) is 10.9.